The van der Waals surface area contributed by atoms with Crippen LogP contribution in [0.5, 0.6) is 0 Å². The molecule has 0 aliphatic heterocycles. The SMILES string of the molecule is Cc1cc(CNC(=O)c2csc(CN(C)C)n2)c2[nH]c(C)c(C)c2c1. The molecule has 132 valence electrons. The molecule has 1 aromatic carbocycles. The molecular weight excluding hydrogens is 332 g/mol. The minimum atomic E-state index is -0.129. The molecule has 0 aliphatic rings. The van der Waals surface area contributed by atoms with E-state index in [0.717, 1.165) is 22.6 Å². The third-order valence-electron chi connectivity index (χ3n) is 4.32. The van der Waals surface area contributed by atoms with Gasteiger partial charge in [0.05, 0.1) is 5.52 Å². The van der Waals surface area contributed by atoms with Gasteiger partial charge in [-0.2, -0.15) is 0 Å². The molecule has 6 heteroatoms. The number of hydrogen-bond acceptors (Lipinski definition) is 4. The zero-order valence-corrected chi connectivity index (χ0v) is 16.2. The lowest BCUT2D eigenvalue weighted by molar-refractivity contribution is 0.0946. The number of thiazole rings is 1. The van der Waals surface area contributed by atoms with E-state index in [1.165, 1.54) is 33.5 Å². The summed E-state index contributed by atoms with van der Waals surface area (Å²) in [5, 5.41) is 7.00. The molecule has 0 spiro atoms. The Balaban J connectivity index is 1.77. The summed E-state index contributed by atoms with van der Waals surface area (Å²) in [4.78, 5) is 22.3. The van der Waals surface area contributed by atoms with Gasteiger partial charge in [-0.3, -0.25) is 4.79 Å². The highest BCUT2D eigenvalue weighted by Gasteiger charge is 2.13. The van der Waals surface area contributed by atoms with Crippen molar-refractivity contribution >= 4 is 28.1 Å². The van der Waals surface area contributed by atoms with Gasteiger partial charge in [-0.25, -0.2) is 4.98 Å². The molecule has 2 heterocycles. The Morgan fingerprint density at radius 1 is 1.28 bits per heavy atom. The van der Waals surface area contributed by atoms with Gasteiger partial charge < -0.3 is 15.2 Å². The van der Waals surface area contributed by atoms with E-state index in [1.54, 1.807) is 0 Å². The maximum Gasteiger partial charge on any atom is 0.271 e. The van der Waals surface area contributed by atoms with Crippen molar-refractivity contribution in [3.8, 4) is 0 Å². The first kappa shape index (κ1) is 17.6. The van der Waals surface area contributed by atoms with Crippen LogP contribution in [0.2, 0.25) is 0 Å². The second-order valence-corrected chi connectivity index (χ2v) is 7.71. The number of nitrogens with one attached hydrogen (secondary N) is 2. The summed E-state index contributed by atoms with van der Waals surface area (Å²) in [6.45, 7) is 7.51. The highest BCUT2D eigenvalue weighted by molar-refractivity contribution is 7.09. The zero-order chi connectivity index (χ0) is 18.1. The molecule has 0 radical (unpaired) electrons. The highest BCUT2D eigenvalue weighted by Crippen LogP contribution is 2.26. The molecule has 25 heavy (non-hydrogen) atoms. The van der Waals surface area contributed by atoms with Crippen LogP contribution in [0.15, 0.2) is 17.5 Å². The first-order chi connectivity index (χ1) is 11.8. The van der Waals surface area contributed by atoms with E-state index in [-0.39, 0.29) is 5.91 Å². The van der Waals surface area contributed by atoms with Crippen molar-refractivity contribution in [3.63, 3.8) is 0 Å². The van der Waals surface area contributed by atoms with Crippen molar-refractivity contribution < 1.29 is 4.79 Å². The van der Waals surface area contributed by atoms with Gasteiger partial charge in [0.1, 0.15) is 10.7 Å². The van der Waals surface area contributed by atoms with Crippen LogP contribution in [0.1, 0.15) is 37.9 Å². The molecule has 5 nitrogen and oxygen atoms in total. The summed E-state index contributed by atoms with van der Waals surface area (Å²) < 4.78 is 0. The van der Waals surface area contributed by atoms with Crippen LogP contribution >= 0.6 is 11.3 Å². The Morgan fingerprint density at radius 2 is 2.04 bits per heavy atom. The molecule has 0 aliphatic carbocycles. The van der Waals surface area contributed by atoms with E-state index in [9.17, 15) is 4.79 Å². The number of carbonyl (C=O) groups excluding carboxylic acids is 1. The quantitative estimate of drug-likeness (QED) is 0.735. The van der Waals surface area contributed by atoms with Crippen LogP contribution in [0, 0.1) is 20.8 Å². The van der Waals surface area contributed by atoms with Crippen LogP contribution in [0.4, 0.5) is 0 Å². The first-order valence-corrected chi connectivity index (χ1v) is 9.19. The second kappa shape index (κ2) is 6.98. The van der Waals surface area contributed by atoms with E-state index in [0.29, 0.717) is 12.2 Å². The van der Waals surface area contributed by atoms with Crippen LogP contribution in [-0.4, -0.2) is 34.9 Å². The average Bonchev–Trinajstić information content (AvgIpc) is 3.11. The Kier molecular flexibility index (Phi) is 4.92. The summed E-state index contributed by atoms with van der Waals surface area (Å²) in [6.07, 6.45) is 0. The predicted octanol–water partition coefficient (Wildman–Crippen LogP) is 3.54. The van der Waals surface area contributed by atoms with E-state index in [2.05, 4.69) is 48.2 Å². The number of nitrogens with zero attached hydrogens (tertiary/aromatic N) is 2. The maximum absolute atomic E-state index is 12.4. The molecule has 0 atom stereocenters. The highest BCUT2D eigenvalue weighted by atomic mass is 32.1. The Labute approximate surface area is 152 Å². The number of benzene rings is 1. The molecule has 0 saturated carbocycles. The number of amides is 1. The van der Waals surface area contributed by atoms with Gasteiger partial charge in [0, 0.05) is 29.5 Å². The lowest BCUT2D eigenvalue weighted by atomic mass is 10.0. The molecule has 1 amide bonds. The monoisotopic (exact) mass is 356 g/mol. The van der Waals surface area contributed by atoms with Crippen molar-refractivity contribution in [1.29, 1.82) is 0 Å². The average molecular weight is 356 g/mol. The fraction of sp³-hybridized carbons (Fsp3) is 0.368. The molecule has 2 aromatic heterocycles. The lowest BCUT2D eigenvalue weighted by Gasteiger charge is -2.07. The minimum Gasteiger partial charge on any atom is -0.358 e. The topological polar surface area (TPSA) is 61.0 Å². The molecule has 3 rings (SSSR count). The van der Waals surface area contributed by atoms with Gasteiger partial charge in [0.2, 0.25) is 0 Å². The summed E-state index contributed by atoms with van der Waals surface area (Å²) >= 11 is 1.52. The van der Waals surface area contributed by atoms with Gasteiger partial charge in [-0.05, 0) is 52.1 Å². The normalized spacial score (nSPS) is 11.4. The van der Waals surface area contributed by atoms with E-state index in [1.807, 2.05) is 24.4 Å². The molecule has 2 N–H and O–H groups in total. The maximum atomic E-state index is 12.4. The lowest BCUT2D eigenvalue weighted by Crippen LogP contribution is -2.23. The second-order valence-electron chi connectivity index (χ2n) is 6.77. The van der Waals surface area contributed by atoms with Crippen LogP contribution in [0.25, 0.3) is 10.9 Å². The third-order valence-corrected chi connectivity index (χ3v) is 5.15. The van der Waals surface area contributed by atoms with E-state index < -0.39 is 0 Å². The van der Waals surface area contributed by atoms with Crippen LogP contribution in [-0.2, 0) is 13.1 Å². The van der Waals surface area contributed by atoms with E-state index in [4.69, 9.17) is 0 Å². The summed E-state index contributed by atoms with van der Waals surface area (Å²) in [5.41, 5.74) is 6.32. The van der Waals surface area contributed by atoms with E-state index >= 15 is 0 Å². The fourth-order valence-corrected chi connectivity index (χ4v) is 3.84. The Bertz CT molecular complexity index is 923. The third kappa shape index (κ3) is 3.75. The number of aromatic nitrogens is 2. The summed E-state index contributed by atoms with van der Waals surface area (Å²) in [7, 11) is 3.98. The smallest absolute Gasteiger partial charge is 0.271 e. The number of rotatable bonds is 5. The Morgan fingerprint density at radius 3 is 2.76 bits per heavy atom. The largest absolute Gasteiger partial charge is 0.358 e. The molecular formula is C19H24N4OS. The van der Waals surface area contributed by atoms with Crippen LogP contribution in [0.3, 0.4) is 0 Å². The molecule has 0 saturated heterocycles. The standard InChI is InChI=1S/C19H24N4OS/c1-11-6-14(18-15(7-11)12(2)13(3)21-18)8-20-19(24)16-10-25-17(22-16)9-23(4)5/h6-7,10,21H,8-9H2,1-5H3,(H,20,24). The Hall–Kier alpha value is -2.18. The predicted molar refractivity (Wildman–Crippen MR) is 103 cm³/mol. The number of carbonyl (C=O) groups is 1. The number of hydrogen-bond donors (Lipinski definition) is 2. The first-order valence-electron chi connectivity index (χ1n) is 8.31. The fourth-order valence-electron chi connectivity index (χ4n) is 2.95. The number of fused-ring (bicyclic) bond motifs is 1. The number of aromatic amines is 1. The van der Waals surface area contributed by atoms with Crippen molar-refractivity contribution in [3.05, 3.63) is 50.6 Å². The van der Waals surface area contributed by atoms with Gasteiger partial charge in [0.15, 0.2) is 0 Å². The zero-order valence-electron chi connectivity index (χ0n) is 15.4. The van der Waals surface area contributed by atoms with Crippen LogP contribution < -0.4 is 5.32 Å². The minimum absolute atomic E-state index is 0.129. The molecule has 0 unspecified atom stereocenters. The van der Waals surface area contributed by atoms with Crippen molar-refractivity contribution in [1.82, 2.24) is 20.2 Å². The van der Waals surface area contributed by atoms with Crippen molar-refractivity contribution in [2.45, 2.75) is 33.9 Å². The van der Waals surface area contributed by atoms with Crippen molar-refractivity contribution in [2.75, 3.05) is 14.1 Å². The molecule has 0 fully saturated rings. The number of aryl methyl sites for hydroxylation is 3. The van der Waals surface area contributed by atoms with Gasteiger partial charge in [-0.1, -0.05) is 11.6 Å². The summed E-state index contributed by atoms with van der Waals surface area (Å²) in [5.74, 6) is -0.129. The summed E-state index contributed by atoms with van der Waals surface area (Å²) in [6, 6.07) is 4.31. The molecule has 0 bridgehead atoms. The van der Waals surface area contributed by atoms with Gasteiger partial charge >= 0.3 is 0 Å². The van der Waals surface area contributed by atoms with Gasteiger partial charge in [-0.15, -0.1) is 11.3 Å². The molecule has 3 aromatic rings. The van der Waals surface area contributed by atoms with Crippen molar-refractivity contribution in [2.24, 2.45) is 0 Å². The van der Waals surface area contributed by atoms with Gasteiger partial charge in [0.25, 0.3) is 5.91 Å². The number of H-pyrrole nitrogens is 1.